The van der Waals surface area contributed by atoms with Gasteiger partial charge in [-0.15, -0.1) is 0 Å². The number of hydrogen-bond acceptors (Lipinski definition) is 8. The van der Waals surface area contributed by atoms with E-state index in [1.165, 1.54) is 29.9 Å². The SMILES string of the molecule is Cc1cc(Oc2ccncc2C(=O)N2CCN(C3CC3)c3ccccc32)c(C)cc1CN1CCC2(CC1)CN(c1ccc(C(=O)O)cc1)C(=O)C2=O. The average molecular weight is 700 g/mol. The molecule has 1 aromatic heterocycles. The smallest absolute Gasteiger partial charge is 0.335 e. The van der Waals surface area contributed by atoms with E-state index in [-0.39, 0.29) is 17.3 Å². The number of hydrogen-bond donors (Lipinski definition) is 1. The number of benzene rings is 3. The van der Waals surface area contributed by atoms with Crippen LogP contribution in [0.1, 0.15) is 63.1 Å². The standard InChI is InChI=1S/C41H41N5O6/c1-26-22-36(52-35-13-16-42-23-32(35)38(48)45-20-19-44(30-11-12-30)33-5-3-4-6-34(33)45)27(2)21-29(26)24-43-17-14-41(15-18-43)25-46(39(49)37(41)47)31-9-7-28(8-10-31)40(50)51/h3-10,13,16,21-23,30H,11-12,14-15,17-20,24-25H2,1-2H3,(H,50,51). The molecule has 0 unspecified atom stereocenters. The van der Waals surface area contributed by atoms with Gasteiger partial charge in [-0.25, -0.2) is 4.79 Å². The van der Waals surface area contributed by atoms with Crippen LogP contribution in [0.25, 0.3) is 0 Å². The zero-order valence-corrected chi connectivity index (χ0v) is 29.4. The van der Waals surface area contributed by atoms with Gasteiger partial charge in [0.25, 0.3) is 11.8 Å². The summed E-state index contributed by atoms with van der Waals surface area (Å²) in [5.41, 5.74) is 5.48. The molecule has 4 heterocycles. The summed E-state index contributed by atoms with van der Waals surface area (Å²) in [4.78, 5) is 64.0. The van der Waals surface area contributed by atoms with Gasteiger partial charge in [-0.3, -0.25) is 24.3 Å². The van der Waals surface area contributed by atoms with E-state index >= 15 is 0 Å². The van der Waals surface area contributed by atoms with E-state index in [9.17, 15) is 24.3 Å². The van der Waals surface area contributed by atoms with Gasteiger partial charge in [-0.1, -0.05) is 18.2 Å². The van der Waals surface area contributed by atoms with Crippen LogP contribution in [0.2, 0.25) is 0 Å². The number of carboxylic acid groups (broad SMARTS) is 1. The van der Waals surface area contributed by atoms with Crippen molar-refractivity contribution in [2.45, 2.75) is 52.1 Å². The molecule has 52 heavy (non-hydrogen) atoms. The third-order valence-corrected chi connectivity index (χ3v) is 11.2. The van der Waals surface area contributed by atoms with Crippen LogP contribution in [-0.2, 0) is 16.1 Å². The van der Waals surface area contributed by atoms with E-state index in [0.717, 1.165) is 34.6 Å². The summed E-state index contributed by atoms with van der Waals surface area (Å²) >= 11 is 0. The van der Waals surface area contributed by atoms with Crippen molar-refractivity contribution < 1.29 is 29.0 Å². The minimum absolute atomic E-state index is 0.131. The van der Waals surface area contributed by atoms with E-state index in [4.69, 9.17) is 4.74 Å². The van der Waals surface area contributed by atoms with Crippen molar-refractivity contribution in [2.75, 3.05) is 47.4 Å². The second kappa shape index (κ2) is 13.2. The quantitative estimate of drug-likeness (QED) is 0.220. The fourth-order valence-corrected chi connectivity index (χ4v) is 7.94. The van der Waals surface area contributed by atoms with E-state index in [2.05, 4.69) is 33.8 Å². The summed E-state index contributed by atoms with van der Waals surface area (Å²) in [6.45, 7) is 7.77. The number of piperidine rings is 1. The molecule has 0 bridgehead atoms. The van der Waals surface area contributed by atoms with Crippen molar-refractivity contribution >= 4 is 40.6 Å². The monoisotopic (exact) mass is 699 g/mol. The predicted octanol–water partition coefficient (Wildman–Crippen LogP) is 6.02. The van der Waals surface area contributed by atoms with Crippen molar-refractivity contribution in [2.24, 2.45) is 5.41 Å². The molecule has 266 valence electrons. The zero-order valence-electron chi connectivity index (χ0n) is 29.4. The average Bonchev–Trinajstić information content (AvgIpc) is 3.98. The summed E-state index contributed by atoms with van der Waals surface area (Å²) < 4.78 is 6.47. The molecule has 11 heteroatoms. The lowest BCUT2D eigenvalue weighted by Crippen LogP contribution is -2.45. The Kier molecular flexibility index (Phi) is 8.53. The van der Waals surface area contributed by atoms with Gasteiger partial charge >= 0.3 is 5.97 Å². The maximum atomic E-state index is 14.1. The Labute approximate surface area is 302 Å². The third kappa shape index (κ3) is 6.08. The van der Waals surface area contributed by atoms with Crippen LogP contribution in [0.3, 0.4) is 0 Å². The number of rotatable bonds is 8. The molecule has 1 spiro atoms. The lowest BCUT2D eigenvalue weighted by Gasteiger charge is -2.38. The van der Waals surface area contributed by atoms with Crippen molar-refractivity contribution in [3.63, 3.8) is 0 Å². The molecule has 0 atom stereocenters. The molecule has 1 N–H and O–H groups in total. The number of amides is 2. The molecular weight excluding hydrogens is 658 g/mol. The number of Topliss-reactive ketones (excluding diaryl/α,β-unsaturated/α-hetero) is 1. The third-order valence-electron chi connectivity index (χ3n) is 11.2. The number of aromatic nitrogens is 1. The molecule has 2 amide bonds. The molecular formula is C41H41N5O6. The second-order valence-corrected chi connectivity index (χ2v) is 14.5. The van der Waals surface area contributed by atoms with Gasteiger partial charge in [-0.2, -0.15) is 0 Å². The Morgan fingerprint density at radius 3 is 2.33 bits per heavy atom. The molecule has 1 saturated carbocycles. The molecule has 4 aromatic rings. The molecule has 11 nitrogen and oxygen atoms in total. The molecule has 3 aromatic carbocycles. The van der Waals surface area contributed by atoms with Crippen LogP contribution in [0, 0.1) is 19.3 Å². The number of aromatic carboxylic acids is 1. The number of likely N-dealkylation sites (tertiary alicyclic amines) is 1. The Balaban J connectivity index is 0.937. The first kappa shape index (κ1) is 33.6. The summed E-state index contributed by atoms with van der Waals surface area (Å²) in [5.74, 6) is -0.936. The van der Waals surface area contributed by atoms with Gasteiger partial charge in [0.1, 0.15) is 17.1 Å². The molecule has 1 aliphatic carbocycles. The Hall–Kier alpha value is -5.55. The number of aryl methyl sites for hydroxylation is 2. The zero-order chi connectivity index (χ0) is 36.1. The van der Waals surface area contributed by atoms with Gasteiger partial charge in [-0.05, 0) is 118 Å². The van der Waals surface area contributed by atoms with Crippen molar-refractivity contribution in [1.82, 2.24) is 9.88 Å². The highest BCUT2D eigenvalue weighted by molar-refractivity contribution is 6.45. The number of carbonyl (C=O) groups is 4. The Bertz CT molecular complexity index is 2090. The van der Waals surface area contributed by atoms with E-state index in [0.29, 0.717) is 74.4 Å². The Morgan fingerprint density at radius 2 is 1.62 bits per heavy atom. The number of para-hydroxylation sites is 2. The van der Waals surface area contributed by atoms with E-state index in [1.54, 1.807) is 30.6 Å². The normalized spacial score (nSPS) is 18.5. The van der Waals surface area contributed by atoms with Crippen LogP contribution in [-0.4, -0.2) is 77.3 Å². The molecule has 0 radical (unpaired) electrons. The lowest BCUT2D eigenvalue weighted by atomic mass is 9.76. The fourth-order valence-electron chi connectivity index (χ4n) is 7.94. The second-order valence-electron chi connectivity index (χ2n) is 14.5. The molecule has 3 fully saturated rings. The number of fused-ring (bicyclic) bond motifs is 1. The predicted molar refractivity (Wildman–Crippen MR) is 196 cm³/mol. The molecule has 2 saturated heterocycles. The number of pyridine rings is 1. The number of ether oxygens (including phenoxy) is 1. The minimum atomic E-state index is -1.04. The molecule has 8 rings (SSSR count). The topological polar surface area (TPSA) is 124 Å². The van der Waals surface area contributed by atoms with E-state index in [1.807, 2.05) is 36.1 Å². The lowest BCUT2D eigenvalue weighted by molar-refractivity contribution is -0.139. The summed E-state index contributed by atoms with van der Waals surface area (Å²) in [5, 5.41) is 9.22. The largest absolute Gasteiger partial charge is 0.478 e. The number of anilines is 3. The maximum Gasteiger partial charge on any atom is 0.335 e. The summed E-state index contributed by atoms with van der Waals surface area (Å²) in [6.07, 6.45) is 6.75. The summed E-state index contributed by atoms with van der Waals surface area (Å²) in [7, 11) is 0. The van der Waals surface area contributed by atoms with Gasteiger partial charge in [0.15, 0.2) is 0 Å². The molecule has 3 aliphatic heterocycles. The van der Waals surface area contributed by atoms with Crippen LogP contribution >= 0.6 is 0 Å². The number of carbonyl (C=O) groups excluding carboxylic acids is 3. The van der Waals surface area contributed by atoms with Gasteiger partial charge in [0.2, 0.25) is 5.78 Å². The highest BCUT2D eigenvalue weighted by atomic mass is 16.5. The van der Waals surface area contributed by atoms with Crippen LogP contribution in [0.4, 0.5) is 17.1 Å². The fraction of sp³-hybridized carbons (Fsp3) is 0.341. The van der Waals surface area contributed by atoms with Crippen LogP contribution in [0.15, 0.2) is 79.1 Å². The van der Waals surface area contributed by atoms with Crippen molar-refractivity contribution in [3.8, 4) is 11.5 Å². The van der Waals surface area contributed by atoms with Crippen molar-refractivity contribution in [1.29, 1.82) is 0 Å². The van der Waals surface area contributed by atoms with E-state index < -0.39 is 17.3 Å². The minimum Gasteiger partial charge on any atom is -0.478 e. The first-order valence-corrected chi connectivity index (χ1v) is 17.9. The van der Waals surface area contributed by atoms with Crippen molar-refractivity contribution in [3.05, 3.63) is 107 Å². The van der Waals surface area contributed by atoms with Gasteiger partial charge in [0.05, 0.1) is 22.4 Å². The van der Waals surface area contributed by atoms with Gasteiger partial charge in [0, 0.05) is 50.3 Å². The number of carboxylic acids is 1. The summed E-state index contributed by atoms with van der Waals surface area (Å²) in [6, 6.07) is 20.6. The number of nitrogens with zero attached hydrogens (tertiary/aromatic N) is 5. The van der Waals surface area contributed by atoms with Gasteiger partial charge < -0.3 is 24.5 Å². The molecule has 4 aliphatic rings. The highest BCUT2D eigenvalue weighted by Gasteiger charge is 2.53. The first-order chi connectivity index (χ1) is 25.1. The highest BCUT2D eigenvalue weighted by Crippen LogP contribution is 2.43. The van der Waals surface area contributed by atoms with Crippen LogP contribution < -0.4 is 19.4 Å². The Morgan fingerprint density at radius 1 is 0.885 bits per heavy atom. The maximum absolute atomic E-state index is 14.1. The van der Waals surface area contributed by atoms with Crippen LogP contribution in [0.5, 0.6) is 11.5 Å². The number of ketones is 1. The first-order valence-electron chi connectivity index (χ1n) is 17.9.